The van der Waals surface area contributed by atoms with E-state index in [4.69, 9.17) is 15.2 Å². The van der Waals surface area contributed by atoms with Crippen LogP contribution >= 0.6 is 15.9 Å². The zero-order valence-electron chi connectivity index (χ0n) is 10.2. The first-order valence-electron chi connectivity index (χ1n) is 5.36. The Balaban J connectivity index is 2.44. The van der Waals surface area contributed by atoms with Gasteiger partial charge in [-0.05, 0) is 34.1 Å². The maximum absolute atomic E-state index is 5.60. The fourth-order valence-electron chi connectivity index (χ4n) is 1.64. The summed E-state index contributed by atoms with van der Waals surface area (Å²) in [4.78, 5) is 7.52. The largest absolute Gasteiger partial charge is 0.493 e. The summed E-state index contributed by atoms with van der Waals surface area (Å²) in [5.74, 6) is 2.09. The summed E-state index contributed by atoms with van der Waals surface area (Å²) >= 11 is 3.36. The molecule has 0 aliphatic rings. The molecule has 0 atom stereocenters. The Bertz CT molecular complexity index is 554. The number of nitrogens with one attached hydrogen (secondary N) is 1. The van der Waals surface area contributed by atoms with E-state index in [0.29, 0.717) is 18.0 Å². The Hall–Kier alpha value is -1.53. The minimum atomic E-state index is 0.404. The van der Waals surface area contributed by atoms with E-state index >= 15 is 0 Å². The highest BCUT2D eigenvalue weighted by molar-refractivity contribution is 9.10. The molecule has 0 saturated carbocycles. The lowest BCUT2D eigenvalue weighted by Gasteiger charge is -2.08. The molecule has 1 heterocycles. The van der Waals surface area contributed by atoms with E-state index in [0.717, 1.165) is 21.7 Å². The van der Waals surface area contributed by atoms with Crippen molar-refractivity contribution in [1.29, 1.82) is 0 Å². The minimum absolute atomic E-state index is 0.404. The number of hydrogen-bond donors (Lipinski definition) is 2. The van der Waals surface area contributed by atoms with Gasteiger partial charge in [-0.2, -0.15) is 0 Å². The molecule has 1 aromatic carbocycles. The van der Waals surface area contributed by atoms with Gasteiger partial charge in [-0.25, -0.2) is 4.98 Å². The zero-order valence-corrected chi connectivity index (χ0v) is 11.7. The molecule has 18 heavy (non-hydrogen) atoms. The molecule has 5 nitrogen and oxygen atoms in total. The van der Waals surface area contributed by atoms with E-state index in [2.05, 4.69) is 25.9 Å². The summed E-state index contributed by atoms with van der Waals surface area (Å²) in [6, 6.07) is 5.62. The molecule has 96 valence electrons. The van der Waals surface area contributed by atoms with E-state index in [-0.39, 0.29) is 0 Å². The molecule has 0 bridgehead atoms. The monoisotopic (exact) mass is 311 g/mol. The second-order valence-corrected chi connectivity index (χ2v) is 4.38. The van der Waals surface area contributed by atoms with Gasteiger partial charge in [0.25, 0.3) is 0 Å². The molecule has 2 aromatic rings. The van der Waals surface area contributed by atoms with Gasteiger partial charge in [0.2, 0.25) is 0 Å². The number of benzene rings is 1. The number of aromatic amines is 1. The van der Waals surface area contributed by atoms with Crippen LogP contribution in [0.15, 0.2) is 22.8 Å². The predicted molar refractivity (Wildman–Crippen MR) is 72.7 cm³/mol. The fourth-order valence-corrected chi connectivity index (χ4v) is 2.08. The van der Waals surface area contributed by atoms with Crippen LogP contribution in [0.3, 0.4) is 0 Å². The Morgan fingerprint density at radius 3 is 2.56 bits per heavy atom. The molecule has 0 unspecified atom stereocenters. The summed E-state index contributed by atoms with van der Waals surface area (Å²) in [6.07, 6.45) is 0. The van der Waals surface area contributed by atoms with Crippen molar-refractivity contribution in [2.24, 2.45) is 5.73 Å². The van der Waals surface area contributed by atoms with E-state index in [9.17, 15) is 0 Å². The molecule has 6 heteroatoms. The van der Waals surface area contributed by atoms with Crippen LogP contribution < -0.4 is 15.2 Å². The maximum Gasteiger partial charge on any atom is 0.161 e. The molecule has 2 rings (SSSR count). The van der Waals surface area contributed by atoms with Crippen LogP contribution in [0.1, 0.15) is 5.69 Å². The second-order valence-electron chi connectivity index (χ2n) is 3.63. The van der Waals surface area contributed by atoms with E-state index in [1.54, 1.807) is 14.2 Å². The highest BCUT2D eigenvalue weighted by Gasteiger charge is 2.11. The first-order chi connectivity index (χ1) is 8.69. The number of nitrogens with two attached hydrogens (primary N) is 1. The molecule has 0 saturated heterocycles. The number of H-pyrrole nitrogens is 1. The SMILES string of the molecule is COc1ccc(-c2nc(Br)c(CN)[nH]2)cc1OC. The van der Waals surface area contributed by atoms with Crippen LogP contribution in [0, 0.1) is 0 Å². The highest BCUT2D eigenvalue weighted by Crippen LogP contribution is 2.32. The summed E-state index contributed by atoms with van der Waals surface area (Å²) < 4.78 is 11.2. The van der Waals surface area contributed by atoms with Gasteiger partial charge in [-0.1, -0.05) is 0 Å². The summed E-state index contributed by atoms with van der Waals surface area (Å²) in [7, 11) is 3.21. The van der Waals surface area contributed by atoms with Crippen molar-refractivity contribution < 1.29 is 9.47 Å². The normalized spacial score (nSPS) is 10.4. The van der Waals surface area contributed by atoms with Crippen molar-refractivity contribution in [3.05, 3.63) is 28.5 Å². The van der Waals surface area contributed by atoms with Gasteiger partial charge >= 0.3 is 0 Å². The van der Waals surface area contributed by atoms with E-state index in [1.165, 1.54) is 0 Å². The average Bonchev–Trinajstić information content (AvgIpc) is 2.79. The number of ether oxygens (including phenoxy) is 2. The van der Waals surface area contributed by atoms with Crippen molar-refractivity contribution in [1.82, 2.24) is 9.97 Å². The Morgan fingerprint density at radius 1 is 1.28 bits per heavy atom. The molecule has 0 spiro atoms. The fraction of sp³-hybridized carbons (Fsp3) is 0.250. The van der Waals surface area contributed by atoms with Crippen molar-refractivity contribution in [3.63, 3.8) is 0 Å². The lowest BCUT2D eigenvalue weighted by Crippen LogP contribution is -1.97. The number of nitrogens with zero attached hydrogens (tertiary/aromatic N) is 1. The molecule has 3 N–H and O–H groups in total. The van der Waals surface area contributed by atoms with Crippen LogP contribution in [-0.2, 0) is 6.54 Å². The summed E-state index contributed by atoms with van der Waals surface area (Å²) in [5.41, 5.74) is 7.37. The van der Waals surface area contributed by atoms with E-state index < -0.39 is 0 Å². The van der Waals surface area contributed by atoms with Crippen LogP contribution in [0.2, 0.25) is 0 Å². The third kappa shape index (κ3) is 2.34. The van der Waals surface area contributed by atoms with Crippen LogP contribution in [0.25, 0.3) is 11.4 Å². The quantitative estimate of drug-likeness (QED) is 0.908. The standard InChI is InChI=1S/C12H14BrN3O2/c1-17-9-4-3-7(5-10(9)18-2)12-15-8(6-14)11(13)16-12/h3-5H,6,14H2,1-2H3,(H,15,16). The number of halogens is 1. The van der Waals surface area contributed by atoms with Crippen LogP contribution in [-0.4, -0.2) is 24.2 Å². The maximum atomic E-state index is 5.60. The van der Waals surface area contributed by atoms with Gasteiger partial charge < -0.3 is 20.2 Å². The summed E-state index contributed by atoms with van der Waals surface area (Å²) in [5, 5.41) is 0. The molecule has 0 aliphatic carbocycles. The molecule has 0 amide bonds. The van der Waals surface area contributed by atoms with Crippen molar-refractivity contribution >= 4 is 15.9 Å². The van der Waals surface area contributed by atoms with Gasteiger partial charge in [0, 0.05) is 12.1 Å². The van der Waals surface area contributed by atoms with E-state index in [1.807, 2.05) is 18.2 Å². The van der Waals surface area contributed by atoms with Gasteiger partial charge in [0.05, 0.1) is 19.9 Å². The molecule has 1 aromatic heterocycles. The second kappa shape index (κ2) is 5.41. The number of aromatic nitrogens is 2. The highest BCUT2D eigenvalue weighted by atomic mass is 79.9. The van der Waals surface area contributed by atoms with Gasteiger partial charge in [0.1, 0.15) is 10.4 Å². The third-order valence-electron chi connectivity index (χ3n) is 2.59. The van der Waals surface area contributed by atoms with Gasteiger partial charge in [0.15, 0.2) is 11.5 Å². The lowest BCUT2D eigenvalue weighted by atomic mass is 10.2. The Morgan fingerprint density at radius 2 is 2.00 bits per heavy atom. The number of hydrogen-bond acceptors (Lipinski definition) is 4. The molecular weight excluding hydrogens is 298 g/mol. The van der Waals surface area contributed by atoms with Gasteiger partial charge in [-0.3, -0.25) is 0 Å². The average molecular weight is 312 g/mol. The van der Waals surface area contributed by atoms with Crippen LogP contribution in [0.4, 0.5) is 0 Å². The smallest absolute Gasteiger partial charge is 0.161 e. The van der Waals surface area contributed by atoms with Crippen LogP contribution in [0.5, 0.6) is 11.5 Å². The minimum Gasteiger partial charge on any atom is -0.493 e. The lowest BCUT2D eigenvalue weighted by molar-refractivity contribution is 0.355. The zero-order chi connectivity index (χ0) is 13.1. The first kappa shape index (κ1) is 12.9. The first-order valence-corrected chi connectivity index (χ1v) is 6.15. The predicted octanol–water partition coefficient (Wildman–Crippen LogP) is 2.32. The Kier molecular flexibility index (Phi) is 3.88. The Labute approximate surface area is 113 Å². The number of imidazole rings is 1. The topological polar surface area (TPSA) is 73.2 Å². The third-order valence-corrected chi connectivity index (χ3v) is 3.25. The molecule has 0 fully saturated rings. The molecule has 0 radical (unpaired) electrons. The molecule has 0 aliphatic heterocycles. The van der Waals surface area contributed by atoms with Crippen molar-refractivity contribution in [3.8, 4) is 22.9 Å². The number of rotatable bonds is 4. The molecular formula is C12H14BrN3O2. The number of methoxy groups -OCH3 is 2. The summed E-state index contributed by atoms with van der Waals surface area (Å²) in [6.45, 7) is 0.404. The van der Waals surface area contributed by atoms with Crippen molar-refractivity contribution in [2.75, 3.05) is 14.2 Å². The van der Waals surface area contributed by atoms with Gasteiger partial charge in [-0.15, -0.1) is 0 Å². The van der Waals surface area contributed by atoms with Crippen molar-refractivity contribution in [2.45, 2.75) is 6.54 Å².